The molecule has 6 nitrogen and oxygen atoms in total. The molecule has 8 heteroatoms. The molecule has 0 radical (unpaired) electrons. The lowest BCUT2D eigenvalue weighted by atomic mass is 9.73. The molecule has 2 aliphatic carbocycles. The molecule has 0 amide bonds. The molecular formula is C24H29Cl2N5O. The third-order valence-corrected chi connectivity index (χ3v) is 8.67. The van der Waals surface area contributed by atoms with Crippen molar-refractivity contribution in [2.24, 2.45) is 5.73 Å². The third kappa shape index (κ3) is 3.30. The van der Waals surface area contributed by atoms with Gasteiger partial charge in [-0.3, -0.25) is 14.3 Å². The van der Waals surface area contributed by atoms with E-state index in [1.54, 1.807) is 4.57 Å². The summed E-state index contributed by atoms with van der Waals surface area (Å²) >= 11 is 12.8. The van der Waals surface area contributed by atoms with Gasteiger partial charge in [-0.05, 0) is 64.0 Å². The molecule has 170 valence electrons. The van der Waals surface area contributed by atoms with Crippen LogP contribution in [0.15, 0.2) is 33.2 Å². The van der Waals surface area contributed by atoms with Gasteiger partial charge in [0.25, 0.3) is 5.56 Å². The maximum atomic E-state index is 13.4. The number of aromatic nitrogens is 3. The normalized spacial score (nSPS) is 24.8. The highest BCUT2D eigenvalue weighted by molar-refractivity contribution is 6.39. The van der Waals surface area contributed by atoms with Gasteiger partial charge in [0, 0.05) is 35.8 Å². The highest BCUT2D eigenvalue weighted by Crippen LogP contribution is 2.45. The zero-order valence-corrected chi connectivity index (χ0v) is 20.1. The highest BCUT2D eigenvalue weighted by Gasteiger charge is 2.48. The number of anilines is 1. The van der Waals surface area contributed by atoms with E-state index in [0.717, 1.165) is 57.4 Å². The van der Waals surface area contributed by atoms with Crippen molar-refractivity contribution in [1.82, 2.24) is 14.5 Å². The summed E-state index contributed by atoms with van der Waals surface area (Å²) < 4.78 is 1.72. The van der Waals surface area contributed by atoms with Crippen molar-refractivity contribution in [3.05, 3.63) is 61.4 Å². The van der Waals surface area contributed by atoms with Gasteiger partial charge in [-0.1, -0.05) is 29.3 Å². The first-order valence-electron chi connectivity index (χ1n) is 11.4. The second-order valence-electron chi connectivity index (χ2n) is 9.41. The van der Waals surface area contributed by atoms with E-state index in [2.05, 4.69) is 11.0 Å². The van der Waals surface area contributed by atoms with Crippen LogP contribution in [-0.4, -0.2) is 33.7 Å². The average Bonchev–Trinajstić information content (AvgIpc) is 3.05. The van der Waals surface area contributed by atoms with Crippen LogP contribution in [0.25, 0.3) is 0 Å². The Kier molecular flexibility index (Phi) is 5.59. The first kappa shape index (κ1) is 21.9. The van der Waals surface area contributed by atoms with Crippen LogP contribution in [0.3, 0.4) is 0 Å². The Balaban J connectivity index is 1.44. The van der Waals surface area contributed by atoms with Gasteiger partial charge in [0.05, 0.1) is 22.3 Å². The zero-order chi connectivity index (χ0) is 22.6. The van der Waals surface area contributed by atoms with Crippen LogP contribution < -0.4 is 16.2 Å². The van der Waals surface area contributed by atoms with Crippen molar-refractivity contribution >= 4 is 29.0 Å². The van der Waals surface area contributed by atoms with Crippen LogP contribution in [0.1, 0.15) is 60.8 Å². The second kappa shape index (κ2) is 8.15. The van der Waals surface area contributed by atoms with Crippen LogP contribution in [0.5, 0.6) is 0 Å². The molecule has 1 spiro atoms. The smallest absolute Gasteiger partial charge is 0.259 e. The molecule has 2 N–H and O–H groups in total. The minimum absolute atomic E-state index is 0.0353. The lowest BCUT2D eigenvalue weighted by Gasteiger charge is -2.43. The van der Waals surface area contributed by atoms with Gasteiger partial charge in [0.15, 0.2) is 0 Å². The molecule has 2 aromatic heterocycles. The number of fused-ring (bicyclic) bond motifs is 2. The summed E-state index contributed by atoms with van der Waals surface area (Å²) in [6.07, 6.45) is 7.06. The maximum absolute atomic E-state index is 13.4. The fourth-order valence-corrected chi connectivity index (χ4v) is 6.45. The minimum Gasteiger partial charge on any atom is -0.356 e. The van der Waals surface area contributed by atoms with Crippen LogP contribution >= 0.6 is 23.2 Å². The largest absolute Gasteiger partial charge is 0.356 e. The van der Waals surface area contributed by atoms with Crippen molar-refractivity contribution in [3.8, 4) is 0 Å². The predicted octanol–water partition coefficient (Wildman–Crippen LogP) is 4.09. The third-order valence-electron chi connectivity index (χ3n) is 7.70. The van der Waals surface area contributed by atoms with Gasteiger partial charge < -0.3 is 10.6 Å². The number of halogens is 2. The standard InChI is InChI=1S/C24H29Cl2N5O/c1-14-22(29-15(2)31(23(14)32)18-7-3-6-17(25)20(18)26)30-11-8-24(9-12-30)19(27)13-16-5-4-10-28-21(16)24/h4-5,10,18-19H,3,6-9,11-13,27H2,1-2H3/t18-,19+/m0/s1. The highest BCUT2D eigenvalue weighted by atomic mass is 35.5. The molecule has 2 aromatic rings. The van der Waals surface area contributed by atoms with Gasteiger partial charge in [0.1, 0.15) is 11.6 Å². The van der Waals surface area contributed by atoms with Crippen molar-refractivity contribution in [1.29, 1.82) is 0 Å². The van der Waals surface area contributed by atoms with E-state index in [4.69, 9.17) is 38.9 Å². The Labute approximate surface area is 198 Å². The van der Waals surface area contributed by atoms with Crippen LogP contribution in [-0.2, 0) is 11.8 Å². The summed E-state index contributed by atoms with van der Waals surface area (Å²) in [7, 11) is 0. The van der Waals surface area contributed by atoms with E-state index >= 15 is 0 Å². The van der Waals surface area contributed by atoms with E-state index in [9.17, 15) is 4.79 Å². The van der Waals surface area contributed by atoms with Crippen molar-refractivity contribution in [2.45, 2.75) is 69.9 Å². The molecular weight excluding hydrogens is 445 g/mol. The molecule has 0 bridgehead atoms. The first-order valence-corrected chi connectivity index (χ1v) is 12.2. The molecule has 3 heterocycles. The number of rotatable bonds is 2. The Morgan fingerprint density at radius 3 is 2.72 bits per heavy atom. The molecule has 3 aliphatic rings. The summed E-state index contributed by atoms with van der Waals surface area (Å²) in [6, 6.07) is 4.00. The lowest BCUT2D eigenvalue weighted by molar-refractivity contribution is 0.285. The Bertz CT molecular complexity index is 1150. The van der Waals surface area contributed by atoms with E-state index in [1.807, 2.05) is 26.1 Å². The summed E-state index contributed by atoms with van der Waals surface area (Å²) in [5, 5.41) is 1.22. The molecule has 1 fully saturated rings. The number of nitrogens with two attached hydrogens (primary N) is 1. The molecule has 0 saturated carbocycles. The minimum atomic E-state index is -0.227. The topological polar surface area (TPSA) is 77.0 Å². The quantitative estimate of drug-likeness (QED) is 0.710. The molecule has 0 unspecified atom stereocenters. The average molecular weight is 474 g/mol. The number of hydrogen-bond donors (Lipinski definition) is 1. The SMILES string of the molecule is Cc1c(N2CCC3(CC2)c2ncccc2C[C@H]3N)nc(C)n([C@H]2CCCC(Cl)=C2Cl)c1=O. The van der Waals surface area contributed by atoms with Crippen molar-refractivity contribution in [3.63, 3.8) is 0 Å². The fourth-order valence-electron chi connectivity index (χ4n) is 5.89. The Morgan fingerprint density at radius 1 is 1.22 bits per heavy atom. The zero-order valence-electron chi connectivity index (χ0n) is 18.6. The van der Waals surface area contributed by atoms with E-state index < -0.39 is 0 Å². The van der Waals surface area contributed by atoms with Gasteiger partial charge in [-0.2, -0.15) is 0 Å². The number of piperidine rings is 1. The number of hydrogen-bond acceptors (Lipinski definition) is 5. The summed E-state index contributed by atoms with van der Waals surface area (Å²) in [6.45, 7) is 5.35. The molecule has 32 heavy (non-hydrogen) atoms. The molecule has 1 aliphatic heterocycles. The van der Waals surface area contributed by atoms with Crippen LogP contribution in [0, 0.1) is 13.8 Å². The van der Waals surface area contributed by atoms with Gasteiger partial charge in [-0.25, -0.2) is 4.98 Å². The van der Waals surface area contributed by atoms with E-state index in [0.29, 0.717) is 21.5 Å². The second-order valence-corrected chi connectivity index (χ2v) is 10.3. The molecule has 1 saturated heterocycles. The summed E-state index contributed by atoms with van der Waals surface area (Å²) in [5.41, 5.74) is 9.61. The van der Waals surface area contributed by atoms with Crippen molar-refractivity contribution in [2.75, 3.05) is 18.0 Å². The molecule has 0 aromatic carbocycles. The lowest BCUT2D eigenvalue weighted by Crippen LogP contribution is -2.51. The van der Waals surface area contributed by atoms with Gasteiger partial charge >= 0.3 is 0 Å². The summed E-state index contributed by atoms with van der Waals surface area (Å²) in [5.74, 6) is 1.45. The number of pyridine rings is 1. The molecule has 5 rings (SSSR count). The predicted molar refractivity (Wildman–Crippen MR) is 129 cm³/mol. The van der Waals surface area contributed by atoms with Crippen molar-refractivity contribution < 1.29 is 0 Å². The monoisotopic (exact) mass is 473 g/mol. The van der Waals surface area contributed by atoms with E-state index in [1.165, 1.54) is 11.3 Å². The van der Waals surface area contributed by atoms with Crippen LogP contribution in [0.2, 0.25) is 0 Å². The number of aryl methyl sites for hydroxylation is 1. The fraction of sp³-hybridized carbons (Fsp3) is 0.542. The Morgan fingerprint density at radius 2 is 1.97 bits per heavy atom. The Hall–Kier alpha value is -1.89. The maximum Gasteiger partial charge on any atom is 0.259 e. The van der Waals surface area contributed by atoms with Crippen LogP contribution in [0.4, 0.5) is 5.82 Å². The first-order chi connectivity index (χ1) is 15.3. The van der Waals surface area contributed by atoms with Gasteiger partial charge in [-0.15, -0.1) is 0 Å². The summed E-state index contributed by atoms with van der Waals surface area (Å²) in [4.78, 5) is 25.2. The number of allylic oxidation sites excluding steroid dienone is 2. The van der Waals surface area contributed by atoms with E-state index in [-0.39, 0.29) is 23.1 Å². The number of nitrogens with zero attached hydrogens (tertiary/aromatic N) is 4. The molecule has 2 atom stereocenters. The van der Waals surface area contributed by atoms with Gasteiger partial charge in [0.2, 0.25) is 0 Å².